The number of hydrogen-bond donors (Lipinski definition) is 2. The molecule has 33 heavy (non-hydrogen) atoms. The van der Waals surface area contributed by atoms with Crippen molar-refractivity contribution < 1.29 is 18.0 Å². The van der Waals surface area contributed by atoms with Gasteiger partial charge in [-0.25, -0.2) is 8.42 Å². The highest BCUT2D eigenvalue weighted by molar-refractivity contribution is 7.89. The van der Waals surface area contributed by atoms with Crippen molar-refractivity contribution in [2.75, 3.05) is 32.0 Å². The Morgan fingerprint density at radius 2 is 1.82 bits per heavy atom. The number of nitrogens with one attached hydrogen (secondary N) is 1. The Labute approximate surface area is 195 Å². The van der Waals surface area contributed by atoms with E-state index in [1.807, 2.05) is 26.0 Å². The normalized spacial score (nSPS) is 17.2. The van der Waals surface area contributed by atoms with Crippen molar-refractivity contribution >= 4 is 27.5 Å². The van der Waals surface area contributed by atoms with Crippen LogP contribution in [0, 0.1) is 19.8 Å². The lowest BCUT2D eigenvalue weighted by Crippen LogP contribution is -2.40. The summed E-state index contributed by atoms with van der Waals surface area (Å²) in [4.78, 5) is 26.3. The molecule has 2 amide bonds. The number of benzene rings is 2. The molecule has 1 atom stereocenters. The standard InChI is InChI=1S/C24H32N4O4S/c1-17-6-11-22(13-18(17)2)33(31,32)27(3)16-23(29)26-21-9-7-19(8-10-21)14-28-12-4-5-20(15-28)24(25)30/h6-11,13,20H,4-5,12,14-16H2,1-3H3,(H2,25,30)(H,26,29). The molecule has 8 nitrogen and oxygen atoms in total. The molecule has 0 aliphatic carbocycles. The Bertz CT molecular complexity index is 1120. The number of likely N-dealkylation sites (N-methyl/N-ethyl adjacent to an activating group) is 1. The lowest BCUT2D eigenvalue weighted by Gasteiger charge is -2.31. The first-order valence-electron chi connectivity index (χ1n) is 11.0. The van der Waals surface area contributed by atoms with E-state index in [1.54, 1.807) is 30.3 Å². The Balaban J connectivity index is 1.56. The van der Waals surface area contributed by atoms with Crippen molar-refractivity contribution in [3.8, 4) is 0 Å². The largest absolute Gasteiger partial charge is 0.369 e. The SMILES string of the molecule is Cc1ccc(S(=O)(=O)N(C)CC(=O)Nc2ccc(CN3CCCC(C(N)=O)C3)cc2)cc1C. The molecule has 1 unspecified atom stereocenters. The smallest absolute Gasteiger partial charge is 0.243 e. The van der Waals surface area contributed by atoms with Gasteiger partial charge in [0.15, 0.2) is 0 Å². The van der Waals surface area contributed by atoms with Crippen LogP contribution in [0.25, 0.3) is 0 Å². The minimum atomic E-state index is -3.77. The zero-order valence-corrected chi connectivity index (χ0v) is 20.2. The average Bonchev–Trinajstić information content (AvgIpc) is 2.77. The summed E-state index contributed by atoms with van der Waals surface area (Å²) in [5.74, 6) is -0.769. The predicted octanol–water partition coefficient (Wildman–Crippen LogP) is 2.26. The van der Waals surface area contributed by atoms with Crippen LogP contribution in [0.1, 0.15) is 29.5 Å². The van der Waals surface area contributed by atoms with E-state index in [1.165, 1.54) is 7.05 Å². The number of nitrogens with zero attached hydrogens (tertiary/aromatic N) is 2. The number of nitrogens with two attached hydrogens (primary N) is 1. The van der Waals surface area contributed by atoms with Crippen molar-refractivity contribution in [2.24, 2.45) is 11.7 Å². The second-order valence-electron chi connectivity index (χ2n) is 8.73. The molecule has 0 aromatic heterocycles. The van der Waals surface area contributed by atoms with Crippen molar-refractivity contribution in [1.29, 1.82) is 0 Å². The summed E-state index contributed by atoms with van der Waals surface area (Å²) in [7, 11) is -2.37. The second kappa shape index (κ2) is 10.5. The first-order chi connectivity index (χ1) is 15.6. The Kier molecular flexibility index (Phi) is 7.88. The summed E-state index contributed by atoms with van der Waals surface area (Å²) in [5.41, 5.74) is 8.99. The van der Waals surface area contributed by atoms with Crippen molar-refractivity contribution in [2.45, 2.75) is 38.1 Å². The van der Waals surface area contributed by atoms with Gasteiger partial charge in [-0.1, -0.05) is 18.2 Å². The van der Waals surface area contributed by atoms with Crippen LogP contribution in [0.2, 0.25) is 0 Å². The maximum absolute atomic E-state index is 12.8. The summed E-state index contributed by atoms with van der Waals surface area (Å²) in [5, 5.41) is 2.75. The van der Waals surface area contributed by atoms with Gasteiger partial charge in [-0.2, -0.15) is 4.31 Å². The first-order valence-corrected chi connectivity index (χ1v) is 12.4. The third kappa shape index (κ3) is 6.40. The van der Waals surface area contributed by atoms with Gasteiger partial charge in [-0.05, 0) is 74.2 Å². The molecule has 1 fully saturated rings. The highest BCUT2D eigenvalue weighted by Gasteiger charge is 2.25. The van der Waals surface area contributed by atoms with E-state index in [2.05, 4.69) is 10.2 Å². The number of carbonyl (C=O) groups excluding carboxylic acids is 2. The fourth-order valence-corrected chi connectivity index (χ4v) is 5.14. The first kappa shape index (κ1) is 24.9. The molecular weight excluding hydrogens is 440 g/mol. The third-order valence-electron chi connectivity index (χ3n) is 6.10. The van der Waals surface area contributed by atoms with Crippen LogP contribution in [-0.4, -0.2) is 56.1 Å². The molecular formula is C24H32N4O4S. The summed E-state index contributed by atoms with van der Waals surface area (Å²) in [6.07, 6.45) is 1.78. The molecule has 1 aliphatic heterocycles. The van der Waals surface area contributed by atoms with Crippen LogP contribution < -0.4 is 11.1 Å². The van der Waals surface area contributed by atoms with E-state index in [9.17, 15) is 18.0 Å². The highest BCUT2D eigenvalue weighted by Crippen LogP contribution is 2.20. The summed E-state index contributed by atoms with van der Waals surface area (Å²) >= 11 is 0. The van der Waals surface area contributed by atoms with E-state index < -0.39 is 15.9 Å². The number of hydrogen-bond acceptors (Lipinski definition) is 5. The number of primary amides is 1. The van der Waals surface area contributed by atoms with Crippen LogP contribution in [0.5, 0.6) is 0 Å². The van der Waals surface area contributed by atoms with Gasteiger partial charge < -0.3 is 11.1 Å². The number of amides is 2. The Morgan fingerprint density at radius 1 is 1.12 bits per heavy atom. The number of piperidine rings is 1. The molecule has 1 heterocycles. The fourth-order valence-electron chi connectivity index (χ4n) is 3.93. The predicted molar refractivity (Wildman–Crippen MR) is 128 cm³/mol. The molecule has 0 saturated carbocycles. The number of rotatable bonds is 8. The molecule has 9 heteroatoms. The number of carbonyl (C=O) groups is 2. The molecule has 3 rings (SSSR count). The molecule has 0 bridgehead atoms. The Hall–Kier alpha value is -2.75. The number of anilines is 1. The van der Waals surface area contributed by atoms with Crippen LogP contribution in [0.4, 0.5) is 5.69 Å². The van der Waals surface area contributed by atoms with Gasteiger partial charge in [0.1, 0.15) is 0 Å². The van der Waals surface area contributed by atoms with Gasteiger partial charge >= 0.3 is 0 Å². The van der Waals surface area contributed by atoms with E-state index in [0.29, 0.717) is 18.8 Å². The summed E-state index contributed by atoms with van der Waals surface area (Å²) < 4.78 is 26.6. The molecule has 0 spiro atoms. The van der Waals surface area contributed by atoms with Gasteiger partial charge in [-0.15, -0.1) is 0 Å². The topological polar surface area (TPSA) is 113 Å². The van der Waals surface area contributed by atoms with Crippen LogP contribution in [-0.2, 0) is 26.2 Å². The molecule has 0 radical (unpaired) electrons. The number of aryl methyl sites for hydroxylation is 2. The van der Waals surface area contributed by atoms with Crippen LogP contribution in [0.3, 0.4) is 0 Å². The highest BCUT2D eigenvalue weighted by atomic mass is 32.2. The van der Waals surface area contributed by atoms with Gasteiger partial charge in [0.25, 0.3) is 0 Å². The molecule has 178 valence electrons. The van der Waals surface area contributed by atoms with Crippen molar-refractivity contribution in [3.05, 3.63) is 59.2 Å². The van der Waals surface area contributed by atoms with E-state index in [4.69, 9.17) is 5.73 Å². The molecule has 3 N–H and O–H groups in total. The minimum Gasteiger partial charge on any atom is -0.369 e. The van der Waals surface area contributed by atoms with Gasteiger partial charge in [0.2, 0.25) is 21.8 Å². The quantitative estimate of drug-likeness (QED) is 0.612. The lowest BCUT2D eigenvalue weighted by molar-refractivity contribution is -0.123. The lowest BCUT2D eigenvalue weighted by atomic mass is 9.97. The number of sulfonamides is 1. The summed E-state index contributed by atoms with van der Waals surface area (Å²) in [6.45, 7) is 5.76. The fraction of sp³-hybridized carbons (Fsp3) is 0.417. The third-order valence-corrected chi connectivity index (χ3v) is 7.90. The van der Waals surface area contributed by atoms with Gasteiger partial charge in [0, 0.05) is 25.8 Å². The second-order valence-corrected chi connectivity index (χ2v) is 10.8. The van der Waals surface area contributed by atoms with Crippen LogP contribution in [0.15, 0.2) is 47.4 Å². The van der Waals surface area contributed by atoms with E-state index in [-0.39, 0.29) is 23.3 Å². The van der Waals surface area contributed by atoms with Crippen molar-refractivity contribution in [1.82, 2.24) is 9.21 Å². The monoisotopic (exact) mass is 472 g/mol. The number of likely N-dealkylation sites (tertiary alicyclic amines) is 1. The molecule has 2 aromatic carbocycles. The summed E-state index contributed by atoms with van der Waals surface area (Å²) in [6, 6.07) is 12.3. The van der Waals surface area contributed by atoms with E-state index >= 15 is 0 Å². The minimum absolute atomic E-state index is 0.102. The molecule has 2 aromatic rings. The van der Waals surface area contributed by atoms with Crippen molar-refractivity contribution in [3.63, 3.8) is 0 Å². The van der Waals surface area contributed by atoms with Gasteiger partial charge in [0.05, 0.1) is 17.4 Å². The zero-order valence-electron chi connectivity index (χ0n) is 19.4. The Morgan fingerprint density at radius 3 is 2.45 bits per heavy atom. The van der Waals surface area contributed by atoms with Gasteiger partial charge in [-0.3, -0.25) is 14.5 Å². The average molecular weight is 473 g/mol. The van der Waals surface area contributed by atoms with Crippen LogP contribution >= 0.6 is 0 Å². The molecule has 1 aliphatic rings. The molecule has 1 saturated heterocycles. The maximum Gasteiger partial charge on any atom is 0.243 e. The van der Waals surface area contributed by atoms with E-state index in [0.717, 1.165) is 40.4 Å². The zero-order chi connectivity index (χ0) is 24.2. The maximum atomic E-state index is 12.8.